The third-order valence-electron chi connectivity index (χ3n) is 2.74. The van der Waals surface area contributed by atoms with Gasteiger partial charge >= 0.3 is 5.97 Å². The zero-order valence-electron chi connectivity index (χ0n) is 10.8. The summed E-state index contributed by atoms with van der Waals surface area (Å²) in [6, 6.07) is 15.7. The van der Waals surface area contributed by atoms with Crippen molar-refractivity contribution >= 4 is 11.8 Å². The fourth-order valence-corrected chi connectivity index (χ4v) is 1.71. The Morgan fingerprint density at radius 2 is 1.50 bits per heavy atom. The smallest absolute Gasteiger partial charge is 0.306 e. The van der Waals surface area contributed by atoms with Gasteiger partial charge in [0.2, 0.25) is 0 Å². The molecule has 20 heavy (non-hydrogen) atoms. The van der Waals surface area contributed by atoms with Gasteiger partial charge in [-0.2, -0.15) is 0 Å². The van der Waals surface area contributed by atoms with E-state index in [1.54, 1.807) is 36.4 Å². The average molecular weight is 270 g/mol. The molecule has 0 fully saturated rings. The van der Waals surface area contributed by atoms with E-state index in [-0.39, 0.29) is 18.8 Å². The first-order valence-electron chi connectivity index (χ1n) is 6.21. The second-order valence-electron chi connectivity index (χ2n) is 4.21. The molecule has 2 rings (SSSR count). The van der Waals surface area contributed by atoms with Gasteiger partial charge in [0.25, 0.3) is 0 Å². The maximum atomic E-state index is 12.1. The van der Waals surface area contributed by atoms with Crippen molar-refractivity contribution in [3.8, 4) is 5.75 Å². The van der Waals surface area contributed by atoms with E-state index in [0.29, 0.717) is 16.9 Å². The van der Waals surface area contributed by atoms with Crippen LogP contribution >= 0.6 is 0 Å². The van der Waals surface area contributed by atoms with Gasteiger partial charge in [0.15, 0.2) is 5.78 Å². The first-order chi connectivity index (χ1) is 9.66. The molecule has 0 saturated carbocycles. The molecule has 0 unspecified atom stereocenters. The zero-order valence-corrected chi connectivity index (χ0v) is 10.8. The Kier molecular flexibility index (Phi) is 4.50. The number of ether oxygens (including phenoxy) is 1. The number of rotatable bonds is 6. The minimum Gasteiger partial charge on any atom is -0.493 e. The van der Waals surface area contributed by atoms with Gasteiger partial charge in [-0.1, -0.05) is 30.3 Å². The lowest BCUT2D eigenvalue weighted by atomic mass is 10.0. The third-order valence-corrected chi connectivity index (χ3v) is 2.74. The maximum Gasteiger partial charge on any atom is 0.306 e. The molecule has 4 heteroatoms. The van der Waals surface area contributed by atoms with Crippen LogP contribution in [0.2, 0.25) is 0 Å². The fraction of sp³-hybridized carbons (Fsp3) is 0.125. The average Bonchev–Trinajstić information content (AvgIpc) is 2.48. The predicted molar refractivity (Wildman–Crippen MR) is 74.1 cm³/mol. The van der Waals surface area contributed by atoms with Gasteiger partial charge in [0.1, 0.15) is 5.75 Å². The Morgan fingerprint density at radius 3 is 2.10 bits per heavy atom. The van der Waals surface area contributed by atoms with E-state index in [1.807, 2.05) is 18.2 Å². The second kappa shape index (κ2) is 6.52. The van der Waals surface area contributed by atoms with Crippen LogP contribution in [0.3, 0.4) is 0 Å². The van der Waals surface area contributed by atoms with Crippen molar-refractivity contribution in [1.29, 1.82) is 0 Å². The summed E-state index contributed by atoms with van der Waals surface area (Å²) >= 11 is 0. The monoisotopic (exact) mass is 270 g/mol. The Bertz CT molecular complexity index is 588. The molecule has 102 valence electrons. The molecule has 0 aliphatic rings. The van der Waals surface area contributed by atoms with Crippen LogP contribution < -0.4 is 4.74 Å². The SMILES string of the molecule is O=C(O)CCOc1ccc(C(=O)c2ccccc2)cc1. The lowest BCUT2D eigenvalue weighted by Crippen LogP contribution is -2.05. The largest absolute Gasteiger partial charge is 0.493 e. The first-order valence-corrected chi connectivity index (χ1v) is 6.21. The molecule has 0 bridgehead atoms. The number of aliphatic carboxylic acids is 1. The highest BCUT2D eigenvalue weighted by Gasteiger charge is 2.08. The van der Waals surface area contributed by atoms with Gasteiger partial charge in [0.05, 0.1) is 13.0 Å². The molecule has 0 spiro atoms. The number of carbonyl (C=O) groups excluding carboxylic acids is 1. The zero-order chi connectivity index (χ0) is 14.4. The van der Waals surface area contributed by atoms with Gasteiger partial charge in [-0.25, -0.2) is 0 Å². The molecule has 0 saturated heterocycles. The molecule has 0 aromatic heterocycles. The van der Waals surface area contributed by atoms with Crippen LogP contribution in [0, 0.1) is 0 Å². The van der Waals surface area contributed by atoms with E-state index in [4.69, 9.17) is 9.84 Å². The van der Waals surface area contributed by atoms with E-state index in [9.17, 15) is 9.59 Å². The lowest BCUT2D eigenvalue weighted by Gasteiger charge is -2.05. The van der Waals surface area contributed by atoms with Crippen LogP contribution in [-0.4, -0.2) is 23.5 Å². The topological polar surface area (TPSA) is 63.6 Å². The number of carboxylic acids is 1. The number of hydrogen-bond donors (Lipinski definition) is 1. The van der Waals surface area contributed by atoms with Gasteiger partial charge in [-0.3, -0.25) is 9.59 Å². The predicted octanol–water partition coefficient (Wildman–Crippen LogP) is 2.77. The van der Waals surface area contributed by atoms with Crippen molar-refractivity contribution in [2.45, 2.75) is 6.42 Å². The minimum absolute atomic E-state index is 0.0509. The summed E-state index contributed by atoms with van der Waals surface area (Å²) in [7, 11) is 0. The number of hydrogen-bond acceptors (Lipinski definition) is 3. The van der Waals surface area contributed by atoms with Crippen molar-refractivity contribution in [3.05, 3.63) is 65.7 Å². The summed E-state index contributed by atoms with van der Waals surface area (Å²) in [4.78, 5) is 22.5. The van der Waals surface area contributed by atoms with Gasteiger partial charge < -0.3 is 9.84 Å². The van der Waals surface area contributed by atoms with E-state index < -0.39 is 5.97 Å². The van der Waals surface area contributed by atoms with Crippen molar-refractivity contribution in [2.75, 3.05) is 6.61 Å². The normalized spacial score (nSPS) is 10.0. The quantitative estimate of drug-likeness (QED) is 0.820. The number of carboxylic acid groups (broad SMARTS) is 1. The summed E-state index contributed by atoms with van der Waals surface area (Å²) in [6.45, 7) is 0.112. The highest BCUT2D eigenvalue weighted by Crippen LogP contribution is 2.15. The molecule has 0 radical (unpaired) electrons. The van der Waals surface area contributed by atoms with Gasteiger partial charge in [-0.05, 0) is 24.3 Å². The van der Waals surface area contributed by atoms with E-state index in [2.05, 4.69) is 0 Å². The number of carbonyl (C=O) groups is 2. The third kappa shape index (κ3) is 3.68. The highest BCUT2D eigenvalue weighted by atomic mass is 16.5. The molecule has 1 N–H and O–H groups in total. The summed E-state index contributed by atoms with van der Waals surface area (Å²) in [6.07, 6.45) is -0.0509. The molecule has 0 heterocycles. The Balaban J connectivity index is 2.01. The summed E-state index contributed by atoms with van der Waals surface area (Å²) in [5.74, 6) is -0.403. The molecule has 0 atom stereocenters. The molecule has 0 aliphatic heterocycles. The first kappa shape index (κ1) is 13.8. The van der Waals surface area contributed by atoms with Crippen molar-refractivity contribution in [1.82, 2.24) is 0 Å². The number of ketones is 1. The summed E-state index contributed by atoms with van der Waals surface area (Å²) in [5.41, 5.74) is 1.20. The molecule has 2 aromatic carbocycles. The van der Waals surface area contributed by atoms with Crippen molar-refractivity contribution in [3.63, 3.8) is 0 Å². The van der Waals surface area contributed by atoms with Crippen LogP contribution in [0.25, 0.3) is 0 Å². The Morgan fingerprint density at radius 1 is 0.900 bits per heavy atom. The molecule has 4 nitrogen and oxygen atoms in total. The van der Waals surface area contributed by atoms with Crippen LogP contribution in [0.1, 0.15) is 22.3 Å². The van der Waals surface area contributed by atoms with Crippen molar-refractivity contribution < 1.29 is 19.4 Å². The minimum atomic E-state index is -0.902. The molecule has 0 amide bonds. The van der Waals surface area contributed by atoms with Crippen LogP contribution in [0.4, 0.5) is 0 Å². The second-order valence-corrected chi connectivity index (χ2v) is 4.21. The molecular formula is C16H14O4. The Hall–Kier alpha value is -2.62. The van der Waals surface area contributed by atoms with E-state index in [0.717, 1.165) is 0 Å². The summed E-state index contributed by atoms with van der Waals surface area (Å²) in [5, 5.41) is 8.51. The standard InChI is InChI=1S/C16H14O4/c17-15(18)10-11-20-14-8-6-13(7-9-14)16(19)12-4-2-1-3-5-12/h1-9H,10-11H2,(H,17,18). The van der Waals surface area contributed by atoms with E-state index >= 15 is 0 Å². The fourth-order valence-electron chi connectivity index (χ4n) is 1.71. The van der Waals surface area contributed by atoms with Crippen LogP contribution in [0.15, 0.2) is 54.6 Å². The van der Waals surface area contributed by atoms with Gasteiger partial charge in [-0.15, -0.1) is 0 Å². The summed E-state index contributed by atoms with van der Waals surface area (Å²) < 4.78 is 5.27. The number of benzene rings is 2. The molecule has 0 aliphatic carbocycles. The Labute approximate surface area is 116 Å². The van der Waals surface area contributed by atoms with Crippen LogP contribution in [0.5, 0.6) is 5.75 Å². The van der Waals surface area contributed by atoms with Crippen LogP contribution in [-0.2, 0) is 4.79 Å². The van der Waals surface area contributed by atoms with Gasteiger partial charge in [0, 0.05) is 11.1 Å². The lowest BCUT2D eigenvalue weighted by molar-refractivity contribution is -0.137. The highest BCUT2D eigenvalue weighted by molar-refractivity contribution is 6.08. The maximum absolute atomic E-state index is 12.1. The molecular weight excluding hydrogens is 256 g/mol. The van der Waals surface area contributed by atoms with Crippen molar-refractivity contribution in [2.24, 2.45) is 0 Å². The van der Waals surface area contributed by atoms with E-state index in [1.165, 1.54) is 0 Å². The molecule has 2 aromatic rings.